The molecule has 1 atom stereocenters. The number of nitriles is 1. The van der Waals surface area contributed by atoms with E-state index in [1.165, 1.54) is 12.8 Å². The second-order valence-electron chi connectivity index (χ2n) is 5.97. The third kappa shape index (κ3) is 2.76. The summed E-state index contributed by atoms with van der Waals surface area (Å²) in [5.41, 5.74) is -0.0665. The van der Waals surface area contributed by atoms with E-state index < -0.39 is 0 Å². The molecule has 1 saturated carbocycles. The highest BCUT2D eigenvalue weighted by Crippen LogP contribution is 2.42. The highest BCUT2D eigenvalue weighted by molar-refractivity contribution is 5.83. The first kappa shape index (κ1) is 14.3. The Hall–Kier alpha value is -1.08. The first-order valence-corrected chi connectivity index (χ1v) is 7.56. The van der Waals surface area contributed by atoms with Gasteiger partial charge in [0, 0.05) is 31.6 Å². The van der Waals surface area contributed by atoms with E-state index in [0.717, 1.165) is 45.4 Å². The monoisotopic (exact) mass is 263 g/mol. The smallest absolute Gasteiger partial charge is 0.228 e. The quantitative estimate of drug-likeness (QED) is 0.782. The Bertz CT molecular complexity index is 360. The molecule has 4 nitrogen and oxygen atoms in total. The van der Waals surface area contributed by atoms with Gasteiger partial charge in [0.05, 0.1) is 12.1 Å². The Morgan fingerprint density at radius 1 is 1.26 bits per heavy atom. The minimum atomic E-state index is -0.0665. The Labute approximate surface area is 116 Å². The topological polar surface area (TPSA) is 47.3 Å². The zero-order chi connectivity index (χ0) is 13.9. The van der Waals surface area contributed by atoms with E-state index in [1.807, 2.05) is 11.8 Å². The van der Waals surface area contributed by atoms with E-state index in [1.54, 1.807) is 0 Å². The average Bonchev–Trinajstić information content (AvgIpc) is 2.96. The van der Waals surface area contributed by atoms with Crippen molar-refractivity contribution in [3.63, 3.8) is 0 Å². The minimum absolute atomic E-state index is 0.0381. The van der Waals surface area contributed by atoms with Gasteiger partial charge in [-0.3, -0.25) is 9.69 Å². The van der Waals surface area contributed by atoms with E-state index in [0.29, 0.717) is 5.91 Å². The van der Waals surface area contributed by atoms with Crippen LogP contribution in [-0.4, -0.2) is 47.9 Å². The molecule has 1 heterocycles. The molecule has 2 rings (SSSR count). The van der Waals surface area contributed by atoms with Gasteiger partial charge in [0.1, 0.15) is 0 Å². The average molecular weight is 263 g/mol. The van der Waals surface area contributed by atoms with Crippen molar-refractivity contribution in [2.45, 2.75) is 52.0 Å². The van der Waals surface area contributed by atoms with Crippen molar-refractivity contribution in [3.8, 4) is 6.07 Å². The van der Waals surface area contributed by atoms with Crippen molar-refractivity contribution < 1.29 is 4.79 Å². The highest BCUT2D eigenvalue weighted by Gasteiger charge is 2.42. The van der Waals surface area contributed by atoms with Gasteiger partial charge < -0.3 is 4.90 Å². The van der Waals surface area contributed by atoms with Gasteiger partial charge in [0.2, 0.25) is 5.91 Å². The Morgan fingerprint density at radius 3 is 2.32 bits per heavy atom. The molecule has 0 aromatic carbocycles. The Morgan fingerprint density at radius 2 is 1.84 bits per heavy atom. The third-order valence-electron chi connectivity index (χ3n) is 5.03. The minimum Gasteiger partial charge on any atom is -0.340 e. The first-order chi connectivity index (χ1) is 9.13. The maximum Gasteiger partial charge on any atom is 0.228 e. The van der Waals surface area contributed by atoms with Crippen LogP contribution in [0, 0.1) is 16.7 Å². The predicted octanol–water partition coefficient (Wildman–Crippen LogP) is 2.01. The number of hydrogen-bond donors (Lipinski definition) is 0. The normalized spacial score (nSPS) is 25.0. The van der Waals surface area contributed by atoms with Gasteiger partial charge in [-0.05, 0) is 26.2 Å². The molecule has 0 N–H and O–H groups in total. The number of nitrogens with zero attached hydrogens (tertiary/aromatic N) is 3. The fourth-order valence-electron chi connectivity index (χ4n) is 3.50. The van der Waals surface area contributed by atoms with Crippen LogP contribution in [0.15, 0.2) is 0 Å². The van der Waals surface area contributed by atoms with Crippen LogP contribution in [0.5, 0.6) is 0 Å². The highest BCUT2D eigenvalue weighted by atomic mass is 16.2. The van der Waals surface area contributed by atoms with Crippen LogP contribution in [0.4, 0.5) is 0 Å². The summed E-state index contributed by atoms with van der Waals surface area (Å²) in [5.74, 6) is 0.372. The summed E-state index contributed by atoms with van der Waals surface area (Å²) in [6.07, 6.45) is 5.50. The number of hydrogen-bond acceptors (Lipinski definition) is 3. The standard InChI is InChI=1S/C15H25N3O/c1-3-15(6-4-5-7-15)14(19)18-10-8-17(9-11-18)13(2)12-16/h13H,3-11H2,1-2H3. The second kappa shape index (κ2) is 5.92. The lowest BCUT2D eigenvalue weighted by atomic mass is 9.81. The van der Waals surface area contributed by atoms with Gasteiger partial charge in [-0.25, -0.2) is 0 Å². The van der Waals surface area contributed by atoms with Crippen molar-refractivity contribution in [2.75, 3.05) is 26.2 Å². The summed E-state index contributed by atoms with van der Waals surface area (Å²) in [7, 11) is 0. The molecule has 0 aromatic rings. The molecule has 19 heavy (non-hydrogen) atoms. The lowest BCUT2D eigenvalue weighted by Crippen LogP contribution is -2.54. The Balaban J connectivity index is 1.94. The largest absolute Gasteiger partial charge is 0.340 e. The lowest BCUT2D eigenvalue weighted by Gasteiger charge is -2.40. The maximum absolute atomic E-state index is 12.7. The summed E-state index contributed by atoms with van der Waals surface area (Å²) in [4.78, 5) is 16.9. The zero-order valence-corrected chi connectivity index (χ0v) is 12.2. The molecule has 4 heteroatoms. The molecule has 2 fully saturated rings. The summed E-state index contributed by atoms with van der Waals surface area (Å²) in [6, 6.07) is 2.24. The Kier molecular flexibility index (Phi) is 4.46. The van der Waals surface area contributed by atoms with Crippen LogP contribution in [0.25, 0.3) is 0 Å². The predicted molar refractivity (Wildman–Crippen MR) is 74.4 cm³/mol. The molecule has 0 spiro atoms. The molecule has 2 aliphatic rings. The van der Waals surface area contributed by atoms with Gasteiger partial charge in [0.15, 0.2) is 0 Å². The molecule has 1 aliphatic heterocycles. The van der Waals surface area contributed by atoms with Gasteiger partial charge in [-0.1, -0.05) is 19.8 Å². The number of carbonyl (C=O) groups excluding carboxylic acids is 1. The van der Waals surface area contributed by atoms with Gasteiger partial charge in [0.25, 0.3) is 0 Å². The first-order valence-electron chi connectivity index (χ1n) is 7.56. The maximum atomic E-state index is 12.7. The summed E-state index contributed by atoms with van der Waals surface area (Å²) in [5, 5.41) is 8.94. The van der Waals surface area contributed by atoms with Crippen LogP contribution in [0.2, 0.25) is 0 Å². The molecule has 1 amide bonds. The van der Waals surface area contributed by atoms with E-state index >= 15 is 0 Å². The van der Waals surface area contributed by atoms with Crippen LogP contribution in [-0.2, 0) is 4.79 Å². The number of carbonyl (C=O) groups is 1. The summed E-state index contributed by atoms with van der Waals surface area (Å²) < 4.78 is 0. The fraction of sp³-hybridized carbons (Fsp3) is 0.867. The van der Waals surface area contributed by atoms with Crippen molar-refractivity contribution in [3.05, 3.63) is 0 Å². The van der Waals surface area contributed by atoms with Crippen molar-refractivity contribution in [2.24, 2.45) is 5.41 Å². The van der Waals surface area contributed by atoms with Crippen LogP contribution >= 0.6 is 0 Å². The molecule has 0 radical (unpaired) electrons. The van der Waals surface area contributed by atoms with Gasteiger partial charge in [-0.15, -0.1) is 0 Å². The number of piperazine rings is 1. The van der Waals surface area contributed by atoms with Crippen LogP contribution in [0.1, 0.15) is 46.0 Å². The van der Waals surface area contributed by atoms with E-state index in [9.17, 15) is 4.79 Å². The summed E-state index contributed by atoms with van der Waals surface area (Å²) in [6.45, 7) is 7.32. The van der Waals surface area contributed by atoms with E-state index in [2.05, 4.69) is 17.9 Å². The molecular weight excluding hydrogens is 238 g/mol. The lowest BCUT2D eigenvalue weighted by molar-refractivity contribution is -0.144. The van der Waals surface area contributed by atoms with Crippen molar-refractivity contribution >= 4 is 5.91 Å². The molecule has 106 valence electrons. The zero-order valence-electron chi connectivity index (χ0n) is 12.2. The molecular formula is C15H25N3O. The van der Waals surface area contributed by atoms with Gasteiger partial charge >= 0.3 is 0 Å². The van der Waals surface area contributed by atoms with Crippen LogP contribution in [0.3, 0.4) is 0 Å². The summed E-state index contributed by atoms with van der Waals surface area (Å²) >= 11 is 0. The number of rotatable bonds is 3. The molecule has 0 bridgehead atoms. The second-order valence-corrected chi connectivity index (χ2v) is 5.97. The van der Waals surface area contributed by atoms with E-state index in [-0.39, 0.29) is 11.5 Å². The number of amides is 1. The molecule has 1 unspecified atom stereocenters. The van der Waals surface area contributed by atoms with Gasteiger partial charge in [-0.2, -0.15) is 5.26 Å². The van der Waals surface area contributed by atoms with Crippen molar-refractivity contribution in [1.29, 1.82) is 5.26 Å². The SMILES string of the molecule is CCC1(C(=O)N2CCN(C(C)C#N)CC2)CCCC1. The fourth-order valence-corrected chi connectivity index (χ4v) is 3.50. The van der Waals surface area contributed by atoms with Crippen molar-refractivity contribution in [1.82, 2.24) is 9.80 Å². The molecule has 1 aliphatic carbocycles. The third-order valence-corrected chi connectivity index (χ3v) is 5.03. The van der Waals surface area contributed by atoms with Crippen LogP contribution < -0.4 is 0 Å². The van der Waals surface area contributed by atoms with E-state index in [4.69, 9.17) is 5.26 Å². The molecule has 0 aromatic heterocycles. The molecule has 1 saturated heterocycles.